The van der Waals surface area contributed by atoms with E-state index in [0.717, 1.165) is 81.3 Å². The zero-order chi connectivity index (χ0) is 39.6. The summed E-state index contributed by atoms with van der Waals surface area (Å²) in [4.78, 5) is 61.1. The van der Waals surface area contributed by atoms with Crippen molar-refractivity contribution in [3.05, 3.63) is 58.7 Å². The Morgan fingerprint density at radius 1 is 0.839 bits per heavy atom. The van der Waals surface area contributed by atoms with E-state index in [0.29, 0.717) is 81.7 Å². The van der Waals surface area contributed by atoms with Gasteiger partial charge in [0.1, 0.15) is 5.75 Å². The van der Waals surface area contributed by atoms with Crippen molar-refractivity contribution in [2.24, 2.45) is 11.8 Å². The van der Waals surface area contributed by atoms with Crippen LogP contribution in [0.25, 0.3) is 0 Å². The molecule has 4 amide bonds. The first-order valence-electron chi connectivity index (χ1n) is 21.2. The van der Waals surface area contributed by atoms with Crippen LogP contribution in [0.15, 0.2) is 36.4 Å². The average Bonchev–Trinajstić information content (AvgIpc) is 3.37. The van der Waals surface area contributed by atoms with Gasteiger partial charge >= 0.3 is 18.1 Å². The third-order valence-corrected chi connectivity index (χ3v) is 12.6. The van der Waals surface area contributed by atoms with E-state index in [1.54, 1.807) is 4.90 Å². The highest BCUT2D eigenvalue weighted by atomic mass is 16.6. The molecule has 0 aromatic heterocycles. The lowest BCUT2D eigenvalue weighted by Crippen LogP contribution is -2.52. The number of unbranched alkanes of at least 4 members (excludes halogenated alkanes) is 3. The summed E-state index contributed by atoms with van der Waals surface area (Å²) in [5.74, 6) is 0.987. The molecule has 0 saturated carbocycles. The van der Waals surface area contributed by atoms with E-state index in [2.05, 4.69) is 17.1 Å². The molecule has 12 heteroatoms. The second-order valence-corrected chi connectivity index (χ2v) is 16.5. The Balaban J connectivity index is 1.00. The van der Waals surface area contributed by atoms with Crippen LogP contribution in [0.4, 0.5) is 15.3 Å². The van der Waals surface area contributed by atoms with Crippen LogP contribution in [-0.4, -0.2) is 120 Å². The van der Waals surface area contributed by atoms with Gasteiger partial charge in [0.15, 0.2) is 6.10 Å². The summed E-state index contributed by atoms with van der Waals surface area (Å²) in [5, 5.41) is 13.5. The van der Waals surface area contributed by atoms with Crippen molar-refractivity contribution in [3.63, 3.8) is 0 Å². The van der Waals surface area contributed by atoms with Gasteiger partial charge in [-0.25, -0.2) is 9.59 Å². The quantitative estimate of drug-likeness (QED) is 0.170. The molecule has 0 aliphatic carbocycles. The number of amides is 4. The highest BCUT2D eigenvalue weighted by Crippen LogP contribution is 2.33. The second kappa shape index (κ2) is 19.7. The summed E-state index contributed by atoms with van der Waals surface area (Å²) in [7, 11) is 0. The molecule has 4 aliphatic rings. The van der Waals surface area contributed by atoms with Gasteiger partial charge in [0.25, 0.3) is 5.91 Å². The number of ether oxygens (including phenoxy) is 2. The number of nitrogens with zero attached hydrogens (tertiary/aromatic N) is 4. The summed E-state index contributed by atoms with van der Waals surface area (Å²) in [6, 6.07) is 11.5. The zero-order valence-electron chi connectivity index (χ0n) is 33.8. The Morgan fingerprint density at radius 2 is 1.48 bits per heavy atom. The lowest BCUT2D eigenvalue weighted by Gasteiger charge is -2.41. The molecule has 56 heavy (non-hydrogen) atoms. The molecule has 2 N–H and O–H groups in total. The first-order chi connectivity index (χ1) is 27.1. The number of rotatable bonds is 13. The van der Waals surface area contributed by atoms with Gasteiger partial charge in [-0.1, -0.05) is 56.5 Å². The molecular weight excluding hydrogens is 711 g/mol. The minimum Gasteiger partial charge on any atom is -0.507 e. The molecule has 4 aliphatic heterocycles. The molecule has 0 radical (unpaired) electrons. The molecule has 1 atom stereocenters. The van der Waals surface area contributed by atoms with E-state index >= 15 is 0 Å². The number of anilines is 1. The number of nitrogens with one attached hydrogen (secondary N) is 1. The third kappa shape index (κ3) is 10.7. The fraction of sp³-hybridized carbons (Fsp3) is 0.636. The summed E-state index contributed by atoms with van der Waals surface area (Å²) in [6.45, 7) is 11.2. The van der Waals surface area contributed by atoms with Gasteiger partial charge in [-0.2, -0.15) is 0 Å². The largest absolute Gasteiger partial charge is 0.507 e. The van der Waals surface area contributed by atoms with Crippen molar-refractivity contribution >= 4 is 29.7 Å². The maximum Gasteiger partial charge on any atom is 0.410 e. The van der Waals surface area contributed by atoms with E-state index in [-0.39, 0.29) is 36.1 Å². The summed E-state index contributed by atoms with van der Waals surface area (Å²) in [6.07, 6.45) is 8.97. The molecule has 3 fully saturated rings. The van der Waals surface area contributed by atoms with Crippen molar-refractivity contribution in [1.29, 1.82) is 0 Å². The van der Waals surface area contributed by atoms with Gasteiger partial charge in [-0.15, -0.1) is 0 Å². The highest BCUT2D eigenvalue weighted by molar-refractivity contribution is 5.91. The number of hydrogen-bond donors (Lipinski definition) is 2. The Bertz CT molecular complexity index is 1640. The van der Waals surface area contributed by atoms with Crippen LogP contribution in [0, 0.1) is 25.7 Å². The van der Waals surface area contributed by atoms with Gasteiger partial charge in [-0.05, 0) is 118 Å². The Kier molecular flexibility index (Phi) is 14.5. The van der Waals surface area contributed by atoms with Gasteiger partial charge < -0.3 is 34.6 Å². The number of aryl methyl sites for hydroxylation is 2. The van der Waals surface area contributed by atoms with Crippen molar-refractivity contribution < 1.29 is 33.8 Å². The lowest BCUT2D eigenvalue weighted by atomic mass is 9.78. The number of phenols is 1. The standard InChI is InChI=1S/C44H63N5O7/c1-4-5-6-9-26-55-40(50)30-46-19-12-34(13-20-46)35-14-21-47(22-15-35)42(52)39(29-33-27-31(2)41(51)32(3)28-33)56-44(54)48-23-17-37(18-24-48)49-25-16-36-10-7-8-11-38(36)45-43(49)53/h7-8,10-11,27-28,34-35,37,39,51H,4-6,9,12-26,29-30H2,1-3H3,(H,45,53)/t39-/m1/s1. The van der Waals surface area contributed by atoms with E-state index < -0.39 is 12.2 Å². The van der Waals surface area contributed by atoms with E-state index in [1.165, 1.54) is 6.42 Å². The number of urea groups is 1. The fourth-order valence-corrected chi connectivity index (χ4v) is 9.17. The van der Waals surface area contributed by atoms with E-state index in [9.17, 15) is 24.3 Å². The number of aromatic hydroxyl groups is 1. The minimum absolute atomic E-state index is 0.00360. The van der Waals surface area contributed by atoms with Gasteiger partial charge in [0.2, 0.25) is 0 Å². The molecule has 6 rings (SSSR count). The SMILES string of the molecule is CCCCCCOC(=O)CN1CCC(C2CCN(C(=O)[C@@H](Cc3cc(C)c(O)c(C)c3)OC(=O)N3CCC(N4CCc5ccccc5NC4=O)CC3)CC2)CC1. The molecular formula is C44H63N5O7. The van der Waals surface area contributed by atoms with Crippen LogP contribution in [-0.2, 0) is 31.9 Å². The number of piperidine rings is 3. The van der Waals surface area contributed by atoms with Crippen molar-refractivity contribution in [2.75, 3.05) is 64.3 Å². The Hall–Kier alpha value is -4.32. The maximum atomic E-state index is 14.2. The normalized spacial score (nSPS) is 19.6. The first-order valence-corrected chi connectivity index (χ1v) is 21.2. The van der Waals surface area contributed by atoms with E-state index in [1.807, 2.05) is 60.0 Å². The van der Waals surface area contributed by atoms with Crippen LogP contribution in [0.5, 0.6) is 5.75 Å². The number of carbonyl (C=O) groups excluding carboxylic acids is 4. The van der Waals surface area contributed by atoms with Crippen LogP contribution in [0.1, 0.15) is 93.4 Å². The molecule has 4 heterocycles. The topological polar surface area (TPSA) is 132 Å². The molecule has 0 unspecified atom stereocenters. The fourth-order valence-electron chi connectivity index (χ4n) is 9.17. The number of phenolic OH excluding ortho intramolecular Hbond substituents is 1. The summed E-state index contributed by atoms with van der Waals surface area (Å²) < 4.78 is 11.6. The number of esters is 1. The second-order valence-electron chi connectivity index (χ2n) is 16.5. The van der Waals surface area contributed by atoms with Crippen LogP contribution >= 0.6 is 0 Å². The molecule has 0 bridgehead atoms. The van der Waals surface area contributed by atoms with Gasteiger partial charge in [0, 0.05) is 50.9 Å². The molecule has 0 spiro atoms. The summed E-state index contributed by atoms with van der Waals surface area (Å²) >= 11 is 0. The molecule has 2 aromatic rings. The number of para-hydroxylation sites is 1. The van der Waals surface area contributed by atoms with Crippen LogP contribution in [0.3, 0.4) is 0 Å². The first kappa shape index (κ1) is 41.3. The third-order valence-electron chi connectivity index (χ3n) is 12.6. The van der Waals surface area contributed by atoms with Crippen molar-refractivity contribution in [2.45, 2.75) is 110 Å². The lowest BCUT2D eigenvalue weighted by molar-refractivity contribution is -0.145. The number of carbonyl (C=O) groups is 4. The molecule has 2 aromatic carbocycles. The summed E-state index contributed by atoms with van der Waals surface area (Å²) in [5.41, 5.74) is 4.23. The van der Waals surface area contributed by atoms with Crippen molar-refractivity contribution in [3.8, 4) is 5.75 Å². The number of benzene rings is 2. The average molecular weight is 774 g/mol. The van der Waals surface area contributed by atoms with E-state index in [4.69, 9.17) is 9.47 Å². The van der Waals surface area contributed by atoms with Gasteiger partial charge in [-0.3, -0.25) is 14.5 Å². The predicted molar refractivity (Wildman–Crippen MR) is 216 cm³/mol. The minimum atomic E-state index is -0.996. The molecule has 3 saturated heterocycles. The highest BCUT2D eigenvalue weighted by Gasteiger charge is 2.37. The number of likely N-dealkylation sites (tertiary alicyclic amines) is 3. The predicted octanol–water partition coefficient (Wildman–Crippen LogP) is 6.69. The van der Waals surface area contributed by atoms with Gasteiger partial charge in [0.05, 0.1) is 13.2 Å². The Labute approximate surface area is 332 Å². The monoisotopic (exact) mass is 773 g/mol. The number of hydrogen-bond acceptors (Lipinski definition) is 8. The van der Waals surface area contributed by atoms with Crippen LogP contribution in [0.2, 0.25) is 0 Å². The van der Waals surface area contributed by atoms with Crippen LogP contribution < -0.4 is 5.32 Å². The molecule has 306 valence electrons. The molecule has 12 nitrogen and oxygen atoms in total. The van der Waals surface area contributed by atoms with Crippen molar-refractivity contribution in [1.82, 2.24) is 19.6 Å². The maximum absolute atomic E-state index is 14.2. The smallest absolute Gasteiger partial charge is 0.410 e. The Morgan fingerprint density at radius 3 is 2.16 bits per heavy atom. The number of fused-ring (bicyclic) bond motifs is 1. The zero-order valence-corrected chi connectivity index (χ0v) is 33.8.